The van der Waals surface area contributed by atoms with Crippen molar-refractivity contribution in [2.45, 2.75) is 13.5 Å². The van der Waals surface area contributed by atoms with Crippen LogP contribution in [0.3, 0.4) is 0 Å². The first-order valence-electron chi connectivity index (χ1n) is 7.54. The fraction of sp³-hybridized carbons (Fsp3) is 0.111. The number of nitrogens with one attached hydrogen (secondary N) is 2. The molecule has 6 nitrogen and oxygen atoms in total. The third-order valence-electron chi connectivity index (χ3n) is 3.40. The number of rotatable bonds is 5. The van der Waals surface area contributed by atoms with Crippen LogP contribution < -0.4 is 10.6 Å². The second kappa shape index (κ2) is 7.32. The van der Waals surface area contributed by atoms with E-state index < -0.39 is 0 Å². The van der Waals surface area contributed by atoms with Crippen LogP contribution in [0.1, 0.15) is 21.6 Å². The van der Waals surface area contributed by atoms with E-state index in [0.29, 0.717) is 18.2 Å². The average molecular weight is 319 g/mol. The predicted octanol–water partition coefficient (Wildman–Crippen LogP) is 3.04. The molecule has 0 saturated heterocycles. The van der Waals surface area contributed by atoms with Gasteiger partial charge in [0, 0.05) is 30.8 Å². The Bertz CT molecular complexity index is 818. The molecule has 0 fully saturated rings. The van der Waals surface area contributed by atoms with Crippen LogP contribution in [0.2, 0.25) is 0 Å². The summed E-state index contributed by atoms with van der Waals surface area (Å²) in [7, 11) is 0. The number of hydrogen-bond acceptors (Lipinski definition) is 5. The Morgan fingerprint density at radius 2 is 1.75 bits per heavy atom. The number of carbonyl (C=O) groups is 1. The molecular weight excluding hydrogens is 302 g/mol. The molecule has 3 rings (SSSR count). The van der Waals surface area contributed by atoms with Crippen LogP contribution >= 0.6 is 0 Å². The van der Waals surface area contributed by atoms with Crippen LogP contribution in [0.4, 0.5) is 11.6 Å². The molecule has 2 heterocycles. The first kappa shape index (κ1) is 15.6. The summed E-state index contributed by atoms with van der Waals surface area (Å²) in [4.78, 5) is 24.6. The lowest BCUT2D eigenvalue weighted by Crippen LogP contribution is -2.15. The summed E-state index contributed by atoms with van der Waals surface area (Å²) in [5, 5.41) is 5.92. The molecule has 0 aliphatic heterocycles. The maximum atomic E-state index is 12.3. The van der Waals surface area contributed by atoms with Gasteiger partial charge in [0.1, 0.15) is 5.69 Å². The summed E-state index contributed by atoms with van der Waals surface area (Å²) in [5.74, 6) is 0.136. The van der Waals surface area contributed by atoms with E-state index in [1.165, 1.54) is 0 Å². The third kappa shape index (κ3) is 4.13. The van der Waals surface area contributed by atoms with Gasteiger partial charge in [0.25, 0.3) is 5.91 Å². The van der Waals surface area contributed by atoms with E-state index in [-0.39, 0.29) is 5.91 Å². The Morgan fingerprint density at radius 1 is 1.00 bits per heavy atom. The van der Waals surface area contributed by atoms with Crippen LogP contribution in [0.15, 0.2) is 61.1 Å². The van der Waals surface area contributed by atoms with Gasteiger partial charge < -0.3 is 10.6 Å². The van der Waals surface area contributed by atoms with Crippen molar-refractivity contribution >= 4 is 17.5 Å². The van der Waals surface area contributed by atoms with Gasteiger partial charge in [-0.3, -0.25) is 9.78 Å². The summed E-state index contributed by atoms with van der Waals surface area (Å²) < 4.78 is 0. The lowest BCUT2D eigenvalue weighted by Gasteiger charge is -2.07. The largest absolute Gasteiger partial charge is 0.350 e. The molecule has 1 aromatic carbocycles. The van der Waals surface area contributed by atoms with Gasteiger partial charge in [0.05, 0.1) is 0 Å². The van der Waals surface area contributed by atoms with Gasteiger partial charge in [-0.05, 0) is 42.8 Å². The number of hydrogen-bond donors (Lipinski definition) is 2. The molecule has 0 spiro atoms. The standard InChI is InChI=1S/C18H17N5O/c1-13-2-4-15(5-3-13)22-17(24)16-8-11-20-18(23-16)21-12-14-6-9-19-10-7-14/h2-11H,12H2,1H3,(H,22,24)(H,20,21,23). The molecule has 120 valence electrons. The van der Waals surface area contributed by atoms with Gasteiger partial charge in [-0.15, -0.1) is 0 Å². The maximum Gasteiger partial charge on any atom is 0.274 e. The molecule has 0 saturated carbocycles. The van der Waals surface area contributed by atoms with E-state index in [1.807, 2.05) is 43.3 Å². The maximum absolute atomic E-state index is 12.3. The van der Waals surface area contributed by atoms with Crippen molar-refractivity contribution < 1.29 is 4.79 Å². The molecule has 3 aromatic rings. The molecule has 6 heteroatoms. The fourth-order valence-corrected chi connectivity index (χ4v) is 2.08. The van der Waals surface area contributed by atoms with Crippen molar-refractivity contribution in [2.75, 3.05) is 10.6 Å². The summed E-state index contributed by atoms with van der Waals surface area (Å²) in [6, 6.07) is 13.0. The highest BCUT2D eigenvalue weighted by molar-refractivity contribution is 6.02. The summed E-state index contributed by atoms with van der Waals surface area (Å²) in [5.41, 5.74) is 3.24. The van der Waals surface area contributed by atoms with Crippen molar-refractivity contribution in [1.82, 2.24) is 15.0 Å². The Hall–Kier alpha value is -3.28. The predicted molar refractivity (Wildman–Crippen MR) is 92.7 cm³/mol. The van der Waals surface area contributed by atoms with Crippen LogP contribution in [-0.2, 0) is 6.54 Å². The van der Waals surface area contributed by atoms with Gasteiger partial charge in [0.15, 0.2) is 0 Å². The van der Waals surface area contributed by atoms with Crippen molar-refractivity contribution in [2.24, 2.45) is 0 Å². The van der Waals surface area contributed by atoms with Crippen molar-refractivity contribution in [1.29, 1.82) is 0 Å². The summed E-state index contributed by atoms with van der Waals surface area (Å²) in [6.07, 6.45) is 5.01. The number of aryl methyl sites for hydroxylation is 1. The van der Waals surface area contributed by atoms with Gasteiger partial charge in [-0.25, -0.2) is 9.97 Å². The molecule has 24 heavy (non-hydrogen) atoms. The smallest absolute Gasteiger partial charge is 0.274 e. The monoisotopic (exact) mass is 319 g/mol. The second-order valence-electron chi connectivity index (χ2n) is 5.29. The molecule has 2 N–H and O–H groups in total. The van der Waals surface area contributed by atoms with Crippen LogP contribution in [0.25, 0.3) is 0 Å². The summed E-state index contributed by atoms with van der Waals surface area (Å²) in [6.45, 7) is 2.56. The van der Waals surface area contributed by atoms with E-state index in [1.54, 1.807) is 24.7 Å². The molecular formula is C18H17N5O. The Balaban J connectivity index is 1.65. The summed E-state index contributed by atoms with van der Waals surface area (Å²) >= 11 is 0. The Labute approximate surface area is 140 Å². The number of pyridine rings is 1. The zero-order chi connectivity index (χ0) is 16.8. The lowest BCUT2D eigenvalue weighted by molar-refractivity contribution is 0.102. The highest BCUT2D eigenvalue weighted by atomic mass is 16.1. The van der Waals surface area contributed by atoms with Crippen molar-refractivity contribution in [3.8, 4) is 0 Å². The minimum Gasteiger partial charge on any atom is -0.350 e. The SMILES string of the molecule is Cc1ccc(NC(=O)c2ccnc(NCc3ccncc3)n2)cc1. The molecule has 0 atom stereocenters. The lowest BCUT2D eigenvalue weighted by atomic mass is 10.2. The van der Waals surface area contributed by atoms with E-state index >= 15 is 0 Å². The van der Waals surface area contributed by atoms with E-state index in [9.17, 15) is 4.79 Å². The van der Waals surface area contributed by atoms with Crippen molar-refractivity contribution in [3.63, 3.8) is 0 Å². The van der Waals surface area contributed by atoms with E-state index in [4.69, 9.17) is 0 Å². The van der Waals surface area contributed by atoms with Crippen LogP contribution in [0, 0.1) is 6.92 Å². The number of anilines is 2. The van der Waals surface area contributed by atoms with E-state index in [0.717, 1.165) is 16.8 Å². The number of amides is 1. The quantitative estimate of drug-likeness (QED) is 0.755. The first-order chi connectivity index (χ1) is 11.7. The van der Waals surface area contributed by atoms with Crippen molar-refractivity contribution in [3.05, 3.63) is 77.9 Å². The second-order valence-corrected chi connectivity index (χ2v) is 5.29. The molecule has 0 bridgehead atoms. The Morgan fingerprint density at radius 3 is 2.50 bits per heavy atom. The normalized spacial score (nSPS) is 10.2. The van der Waals surface area contributed by atoms with Gasteiger partial charge in [-0.1, -0.05) is 17.7 Å². The zero-order valence-electron chi connectivity index (χ0n) is 13.2. The molecule has 0 aliphatic carbocycles. The van der Waals surface area contributed by atoms with Crippen LogP contribution in [0.5, 0.6) is 0 Å². The minimum atomic E-state index is -0.270. The number of benzene rings is 1. The highest BCUT2D eigenvalue weighted by Gasteiger charge is 2.09. The number of nitrogens with zero attached hydrogens (tertiary/aromatic N) is 3. The molecule has 0 unspecified atom stereocenters. The molecule has 2 aromatic heterocycles. The van der Waals surface area contributed by atoms with Crippen LogP contribution in [-0.4, -0.2) is 20.9 Å². The first-order valence-corrected chi connectivity index (χ1v) is 7.54. The zero-order valence-corrected chi connectivity index (χ0v) is 13.2. The fourth-order valence-electron chi connectivity index (χ4n) is 2.08. The molecule has 0 aliphatic rings. The third-order valence-corrected chi connectivity index (χ3v) is 3.40. The minimum absolute atomic E-state index is 0.270. The van der Waals surface area contributed by atoms with Gasteiger partial charge >= 0.3 is 0 Å². The molecule has 0 radical (unpaired) electrons. The average Bonchev–Trinajstić information content (AvgIpc) is 2.63. The van der Waals surface area contributed by atoms with E-state index in [2.05, 4.69) is 25.6 Å². The number of carbonyl (C=O) groups excluding carboxylic acids is 1. The van der Waals surface area contributed by atoms with Gasteiger partial charge in [0.2, 0.25) is 5.95 Å². The molecule has 1 amide bonds. The highest BCUT2D eigenvalue weighted by Crippen LogP contribution is 2.11. The topological polar surface area (TPSA) is 79.8 Å². The number of aromatic nitrogens is 3. The van der Waals surface area contributed by atoms with Gasteiger partial charge in [-0.2, -0.15) is 0 Å². The Kier molecular flexibility index (Phi) is 4.76.